The predicted octanol–water partition coefficient (Wildman–Crippen LogP) is 3.46. The number of hydrogen-bond donors (Lipinski definition) is 1. The van der Waals surface area contributed by atoms with Gasteiger partial charge in [-0.2, -0.15) is 0 Å². The molecule has 0 spiro atoms. The molecule has 0 saturated heterocycles. The zero-order chi connectivity index (χ0) is 13.9. The largest absolute Gasteiger partial charge is 0.494 e. The number of benzene rings is 2. The standard InChI is InChI=1S/C17H18FNO/c1-2-20-15-7-8-16-13(11-15)9-10-19-17(16)12-3-5-14(18)6-4-12/h3-8,11,17,19H,2,9-10H2,1H3. The van der Waals surface area contributed by atoms with Gasteiger partial charge in [-0.05, 0) is 54.3 Å². The number of hydrogen-bond acceptors (Lipinski definition) is 2. The minimum Gasteiger partial charge on any atom is -0.494 e. The lowest BCUT2D eigenvalue weighted by Gasteiger charge is -2.27. The van der Waals surface area contributed by atoms with Crippen LogP contribution in [-0.4, -0.2) is 13.2 Å². The third-order valence-corrected chi connectivity index (χ3v) is 3.68. The van der Waals surface area contributed by atoms with Crippen molar-refractivity contribution in [3.05, 3.63) is 65.0 Å². The summed E-state index contributed by atoms with van der Waals surface area (Å²) in [5.74, 6) is 0.725. The molecule has 2 nitrogen and oxygen atoms in total. The second-order valence-corrected chi connectivity index (χ2v) is 4.98. The molecule has 1 unspecified atom stereocenters. The van der Waals surface area contributed by atoms with Gasteiger partial charge in [0.15, 0.2) is 0 Å². The van der Waals surface area contributed by atoms with E-state index in [1.165, 1.54) is 23.3 Å². The van der Waals surface area contributed by atoms with Crippen molar-refractivity contribution >= 4 is 0 Å². The Balaban J connectivity index is 1.95. The van der Waals surface area contributed by atoms with E-state index in [0.29, 0.717) is 6.61 Å². The first-order chi connectivity index (χ1) is 9.78. The Morgan fingerprint density at radius 3 is 2.75 bits per heavy atom. The van der Waals surface area contributed by atoms with E-state index in [9.17, 15) is 4.39 Å². The summed E-state index contributed by atoms with van der Waals surface area (Å²) in [6.45, 7) is 3.59. The zero-order valence-electron chi connectivity index (χ0n) is 11.5. The molecule has 1 N–H and O–H groups in total. The van der Waals surface area contributed by atoms with Gasteiger partial charge in [0.2, 0.25) is 0 Å². The molecular weight excluding hydrogens is 253 g/mol. The minimum absolute atomic E-state index is 0.134. The summed E-state index contributed by atoms with van der Waals surface area (Å²) in [5.41, 5.74) is 3.66. The fourth-order valence-electron chi connectivity index (χ4n) is 2.75. The molecule has 1 atom stereocenters. The van der Waals surface area contributed by atoms with Gasteiger partial charge in [0.1, 0.15) is 11.6 Å². The highest BCUT2D eigenvalue weighted by Crippen LogP contribution is 2.31. The Hall–Kier alpha value is -1.87. The van der Waals surface area contributed by atoms with Gasteiger partial charge in [0, 0.05) is 6.54 Å². The summed E-state index contributed by atoms with van der Waals surface area (Å²) in [7, 11) is 0. The predicted molar refractivity (Wildman–Crippen MR) is 77.6 cm³/mol. The van der Waals surface area contributed by atoms with E-state index in [0.717, 1.165) is 24.3 Å². The van der Waals surface area contributed by atoms with Crippen molar-refractivity contribution in [1.82, 2.24) is 5.32 Å². The summed E-state index contributed by atoms with van der Waals surface area (Å²) in [4.78, 5) is 0. The van der Waals surface area contributed by atoms with E-state index in [-0.39, 0.29) is 11.9 Å². The number of fused-ring (bicyclic) bond motifs is 1. The number of halogens is 1. The van der Waals surface area contributed by atoms with Crippen LogP contribution in [0.5, 0.6) is 5.75 Å². The fraction of sp³-hybridized carbons (Fsp3) is 0.294. The minimum atomic E-state index is -0.198. The molecule has 0 radical (unpaired) electrons. The molecule has 0 amide bonds. The van der Waals surface area contributed by atoms with Crippen LogP contribution in [0.1, 0.15) is 29.7 Å². The molecule has 3 rings (SSSR count). The van der Waals surface area contributed by atoms with Crippen LogP contribution in [0.3, 0.4) is 0 Å². The highest BCUT2D eigenvalue weighted by atomic mass is 19.1. The zero-order valence-corrected chi connectivity index (χ0v) is 11.5. The molecule has 0 aromatic heterocycles. The normalized spacial score (nSPS) is 17.6. The lowest BCUT2D eigenvalue weighted by Crippen LogP contribution is -2.30. The monoisotopic (exact) mass is 271 g/mol. The van der Waals surface area contributed by atoms with Crippen molar-refractivity contribution in [1.29, 1.82) is 0 Å². The van der Waals surface area contributed by atoms with Crippen molar-refractivity contribution in [3.63, 3.8) is 0 Å². The van der Waals surface area contributed by atoms with Crippen molar-refractivity contribution in [2.24, 2.45) is 0 Å². The van der Waals surface area contributed by atoms with Gasteiger partial charge >= 0.3 is 0 Å². The Morgan fingerprint density at radius 2 is 2.00 bits per heavy atom. The summed E-state index contributed by atoms with van der Waals surface area (Å²) < 4.78 is 18.6. The highest BCUT2D eigenvalue weighted by molar-refractivity contribution is 5.43. The first kappa shape index (κ1) is 13.1. The van der Waals surface area contributed by atoms with E-state index < -0.39 is 0 Å². The maximum absolute atomic E-state index is 13.1. The summed E-state index contributed by atoms with van der Waals surface area (Å²) in [5, 5.41) is 3.50. The van der Waals surface area contributed by atoms with Crippen LogP contribution >= 0.6 is 0 Å². The van der Waals surface area contributed by atoms with Gasteiger partial charge in [0.25, 0.3) is 0 Å². The molecule has 1 aliphatic rings. The Morgan fingerprint density at radius 1 is 1.20 bits per heavy atom. The molecule has 2 aromatic carbocycles. The molecule has 2 aromatic rings. The van der Waals surface area contributed by atoms with E-state index in [1.54, 1.807) is 0 Å². The lowest BCUT2D eigenvalue weighted by molar-refractivity contribution is 0.339. The average molecular weight is 271 g/mol. The molecule has 0 aliphatic carbocycles. The maximum atomic E-state index is 13.1. The highest BCUT2D eigenvalue weighted by Gasteiger charge is 2.21. The van der Waals surface area contributed by atoms with Gasteiger partial charge in [0.05, 0.1) is 12.6 Å². The quantitative estimate of drug-likeness (QED) is 0.923. The topological polar surface area (TPSA) is 21.3 Å². The molecule has 1 heterocycles. The van der Waals surface area contributed by atoms with Crippen LogP contribution in [0.25, 0.3) is 0 Å². The van der Waals surface area contributed by atoms with Crippen LogP contribution < -0.4 is 10.1 Å². The van der Waals surface area contributed by atoms with E-state index in [4.69, 9.17) is 4.74 Å². The molecule has 3 heteroatoms. The first-order valence-electron chi connectivity index (χ1n) is 7.02. The van der Waals surface area contributed by atoms with Crippen molar-refractivity contribution in [2.45, 2.75) is 19.4 Å². The van der Waals surface area contributed by atoms with E-state index >= 15 is 0 Å². The second kappa shape index (κ2) is 5.63. The SMILES string of the molecule is CCOc1ccc2c(c1)CCNC2c1ccc(F)cc1. The number of ether oxygens (including phenoxy) is 1. The molecule has 1 aliphatic heterocycles. The molecule has 0 saturated carbocycles. The van der Waals surface area contributed by atoms with Crippen molar-refractivity contribution in [2.75, 3.05) is 13.2 Å². The molecule has 20 heavy (non-hydrogen) atoms. The fourth-order valence-corrected chi connectivity index (χ4v) is 2.75. The third-order valence-electron chi connectivity index (χ3n) is 3.68. The Labute approximate surface area is 118 Å². The van der Waals surface area contributed by atoms with Gasteiger partial charge in [-0.15, -0.1) is 0 Å². The third kappa shape index (κ3) is 2.54. The van der Waals surface area contributed by atoms with Crippen LogP contribution in [0.4, 0.5) is 4.39 Å². The van der Waals surface area contributed by atoms with Crippen LogP contribution in [0.2, 0.25) is 0 Å². The maximum Gasteiger partial charge on any atom is 0.123 e. The van der Waals surface area contributed by atoms with Gasteiger partial charge in [-0.25, -0.2) is 4.39 Å². The van der Waals surface area contributed by atoms with E-state index in [1.807, 2.05) is 25.1 Å². The van der Waals surface area contributed by atoms with Crippen LogP contribution in [-0.2, 0) is 6.42 Å². The smallest absolute Gasteiger partial charge is 0.123 e. The first-order valence-corrected chi connectivity index (χ1v) is 7.02. The van der Waals surface area contributed by atoms with Crippen molar-refractivity contribution in [3.8, 4) is 5.75 Å². The van der Waals surface area contributed by atoms with Gasteiger partial charge in [-0.3, -0.25) is 0 Å². The van der Waals surface area contributed by atoms with Crippen molar-refractivity contribution < 1.29 is 9.13 Å². The second-order valence-electron chi connectivity index (χ2n) is 4.98. The Bertz CT molecular complexity index is 594. The molecular formula is C17H18FNO. The molecule has 0 fully saturated rings. The summed E-state index contributed by atoms with van der Waals surface area (Å²) in [6.07, 6.45) is 0.994. The average Bonchev–Trinajstić information content (AvgIpc) is 2.48. The van der Waals surface area contributed by atoms with Gasteiger partial charge in [-0.1, -0.05) is 18.2 Å². The number of rotatable bonds is 3. The van der Waals surface area contributed by atoms with Gasteiger partial charge < -0.3 is 10.1 Å². The number of nitrogens with one attached hydrogen (secondary N) is 1. The summed E-state index contributed by atoms with van der Waals surface area (Å²) >= 11 is 0. The molecule has 0 bridgehead atoms. The summed E-state index contributed by atoms with van der Waals surface area (Å²) in [6, 6.07) is 13.1. The molecule has 104 valence electrons. The Kier molecular flexibility index (Phi) is 3.70. The van der Waals surface area contributed by atoms with E-state index in [2.05, 4.69) is 17.4 Å². The lowest BCUT2D eigenvalue weighted by atomic mass is 9.90. The van der Waals surface area contributed by atoms with Crippen LogP contribution in [0.15, 0.2) is 42.5 Å². The van der Waals surface area contributed by atoms with Crippen LogP contribution in [0, 0.1) is 5.82 Å².